The fourth-order valence-electron chi connectivity index (χ4n) is 3.02. The molecule has 0 radical (unpaired) electrons. The number of aryl methyl sites for hydroxylation is 2. The number of fused-ring (bicyclic) bond motifs is 1. The van der Waals surface area contributed by atoms with Gasteiger partial charge in [0.25, 0.3) is 5.56 Å². The van der Waals surface area contributed by atoms with Crippen LogP contribution in [-0.2, 0) is 13.1 Å². The second-order valence-corrected chi connectivity index (χ2v) is 6.11. The lowest BCUT2D eigenvalue weighted by Gasteiger charge is -2.15. The summed E-state index contributed by atoms with van der Waals surface area (Å²) in [7, 11) is 1.60. The summed E-state index contributed by atoms with van der Waals surface area (Å²) >= 11 is 0. The third-order valence-electron chi connectivity index (χ3n) is 4.49. The molecule has 0 aliphatic carbocycles. The molecule has 0 aliphatic heterocycles. The molecule has 0 fully saturated rings. The van der Waals surface area contributed by atoms with Gasteiger partial charge in [0, 0.05) is 24.0 Å². The standard InChI is InChI=1S/C21H22N2O4/c1-4-23-18-8-6-5-7-17(18)14(2)19(20(23)24)27-21(25)22-13-15-9-11-16(26-3)12-10-15/h5-12H,4,13H2,1-3H3,(H,22,25). The minimum absolute atomic E-state index is 0.0581. The molecule has 6 heteroatoms. The third-order valence-corrected chi connectivity index (χ3v) is 4.49. The van der Waals surface area contributed by atoms with Crippen LogP contribution in [0.5, 0.6) is 11.5 Å². The Balaban J connectivity index is 1.81. The second kappa shape index (κ2) is 7.95. The zero-order valence-corrected chi connectivity index (χ0v) is 15.6. The molecule has 1 aromatic heterocycles. The number of benzene rings is 2. The average Bonchev–Trinajstić information content (AvgIpc) is 2.70. The largest absolute Gasteiger partial charge is 0.497 e. The lowest BCUT2D eigenvalue weighted by atomic mass is 10.1. The summed E-state index contributed by atoms with van der Waals surface area (Å²) in [5.41, 5.74) is 2.07. The Morgan fingerprint density at radius 1 is 1.11 bits per heavy atom. The van der Waals surface area contributed by atoms with E-state index < -0.39 is 6.09 Å². The molecule has 0 unspecified atom stereocenters. The van der Waals surface area contributed by atoms with Gasteiger partial charge in [-0.25, -0.2) is 4.79 Å². The van der Waals surface area contributed by atoms with Crippen LogP contribution in [0.15, 0.2) is 53.3 Å². The lowest BCUT2D eigenvalue weighted by Crippen LogP contribution is -2.31. The Kier molecular flexibility index (Phi) is 5.45. The fraction of sp³-hybridized carbons (Fsp3) is 0.238. The van der Waals surface area contributed by atoms with E-state index in [2.05, 4.69) is 5.32 Å². The number of rotatable bonds is 5. The van der Waals surface area contributed by atoms with Crippen molar-refractivity contribution in [2.45, 2.75) is 26.9 Å². The molecule has 140 valence electrons. The number of hydrogen-bond donors (Lipinski definition) is 1. The first-order valence-corrected chi connectivity index (χ1v) is 8.76. The fourth-order valence-corrected chi connectivity index (χ4v) is 3.02. The first-order chi connectivity index (χ1) is 13.0. The number of hydrogen-bond acceptors (Lipinski definition) is 4. The molecular weight excluding hydrogens is 344 g/mol. The molecule has 6 nitrogen and oxygen atoms in total. The summed E-state index contributed by atoms with van der Waals surface area (Å²) in [6, 6.07) is 14.9. The van der Waals surface area contributed by atoms with Crippen molar-refractivity contribution < 1.29 is 14.3 Å². The van der Waals surface area contributed by atoms with Gasteiger partial charge in [-0.2, -0.15) is 0 Å². The van der Waals surface area contributed by atoms with Gasteiger partial charge in [-0.1, -0.05) is 30.3 Å². The van der Waals surface area contributed by atoms with E-state index in [0.29, 0.717) is 12.1 Å². The maximum absolute atomic E-state index is 12.8. The van der Waals surface area contributed by atoms with Crippen LogP contribution in [0.1, 0.15) is 18.1 Å². The Morgan fingerprint density at radius 2 is 1.81 bits per heavy atom. The van der Waals surface area contributed by atoms with Crippen molar-refractivity contribution in [3.05, 3.63) is 70.0 Å². The summed E-state index contributed by atoms with van der Waals surface area (Å²) in [6.07, 6.45) is -0.663. The molecule has 0 spiro atoms. The van der Waals surface area contributed by atoms with Gasteiger partial charge >= 0.3 is 6.09 Å². The molecule has 2 aromatic carbocycles. The smallest absolute Gasteiger partial charge is 0.413 e. The number of para-hydroxylation sites is 1. The number of methoxy groups -OCH3 is 1. The Morgan fingerprint density at radius 3 is 2.48 bits per heavy atom. The highest BCUT2D eigenvalue weighted by Gasteiger charge is 2.17. The summed E-state index contributed by atoms with van der Waals surface area (Å²) < 4.78 is 12.1. The van der Waals surface area contributed by atoms with Crippen molar-refractivity contribution in [1.29, 1.82) is 0 Å². The van der Waals surface area contributed by atoms with Crippen LogP contribution in [0.2, 0.25) is 0 Å². The average molecular weight is 366 g/mol. The summed E-state index contributed by atoms with van der Waals surface area (Å²) in [6.45, 7) is 4.45. The quantitative estimate of drug-likeness (QED) is 0.749. The van der Waals surface area contributed by atoms with Gasteiger partial charge in [0.15, 0.2) is 0 Å². The van der Waals surface area contributed by atoms with Crippen LogP contribution in [0.3, 0.4) is 0 Å². The molecule has 0 aliphatic rings. The first-order valence-electron chi connectivity index (χ1n) is 8.76. The van der Waals surface area contributed by atoms with E-state index in [0.717, 1.165) is 22.2 Å². The van der Waals surface area contributed by atoms with Crippen molar-refractivity contribution >= 4 is 17.0 Å². The number of pyridine rings is 1. The number of ether oxygens (including phenoxy) is 2. The maximum Gasteiger partial charge on any atom is 0.413 e. The van der Waals surface area contributed by atoms with Crippen molar-refractivity contribution in [1.82, 2.24) is 9.88 Å². The molecule has 27 heavy (non-hydrogen) atoms. The molecule has 1 N–H and O–H groups in total. The van der Waals surface area contributed by atoms with Crippen molar-refractivity contribution in [2.24, 2.45) is 0 Å². The molecule has 1 heterocycles. The Labute approximate surface area is 157 Å². The number of nitrogens with one attached hydrogen (secondary N) is 1. The van der Waals surface area contributed by atoms with Gasteiger partial charge in [0.1, 0.15) is 5.75 Å². The van der Waals surface area contributed by atoms with E-state index >= 15 is 0 Å². The van der Waals surface area contributed by atoms with Gasteiger partial charge in [-0.15, -0.1) is 0 Å². The van der Waals surface area contributed by atoms with Gasteiger partial charge in [0.2, 0.25) is 5.75 Å². The van der Waals surface area contributed by atoms with Crippen molar-refractivity contribution in [3.63, 3.8) is 0 Å². The molecular formula is C21H22N2O4. The zero-order chi connectivity index (χ0) is 19.4. The van der Waals surface area contributed by atoms with E-state index in [1.165, 1.54) is 0 Å². The molecule has 0 atom stereocenters. The highest BCUT2D eigenvalue weighted by atomic mass is 16.6. The number of nitrogens with zero attached hydrogens (tertiary/aromatic N) is 1. The van der Waals surface area contributed by atoms with E-state index in [-0.39, 0.29) is 17.9 Å². The monoisotopic (exact) mass is 366 g/mol. The maximum atomic E-state index is 12.8. The molecule has 0 bridgehead atoms. The van der Waals surface area contributed by atoms with Gasteiger partial charge < -0.3 is 19.4 Å². The molecule has 3 rings (SSSR count). The number of carbonyl (C=O) groups excluding carboxylic acids is 1. The normalized spacial score (nSPS) is 10.6. The van der Waals surface area contributed by atoms with Crippen LogP contribution < -0.4 is 20.3 Å². The molecule has 3 aromatic rings. The third kappa shape index (κ3) is 3.79. The Bertz CT molecular complexity index is 1020. The lowest BCUT2D eigenvalue weighted by molar-refractivity contribution is 0.199. The van der Waals surface area contributed by atoms with Gasteiger partial charge in [0.05, 0.1) is 12.6 Å². The molecule has 0 saturated heterocycles. The van der Waals surface area contributed by atoms with Crippen LogP contribution >= 0.6 is 0 Å². The van der Waals surface area contributed by atoms with Crippen LogP contribution in [-0.4, -0.2) is 17.8 Å². The zero-order valence-electron chi connectivity index (χ0n) is 15.6. The van der Waals surface area contributed by atoms with Crippen molar-refractivity contribution in [2.75, 3.05) is 7.11 Å². The minimum atomic E-state index is -0.663. The molecule has 1 amide bonds. The first kappa shape index (κ1) is 18.5. The van der Waals surface area contributed by atoms with E-state index in [1.54, 1.807) is 18.6 Å². The predicted octanol–water partition coefficient (Wildman–Crippen LogP) is 3.63. The SMILES string of the molecule is CCn1c(=O)c(OC(=O)NCc2ccc(OC)cc2)c(C)c2ccccc21. The van der Waals surface area contributed by atoms with Crippen LogP contribution in [0.25, 0.3) is 10.9 Å². The summed E-state index contributed by atoms with van der Waals surface area (Å²) in [5.74, 6) is 0.802. The van der Waals surface area contributed by atoms with E-state index in [1.807, 2.05) is 55.5 Å². The predicted molar refractivity (Wildman–Crippen MR) is 104 cm³/mol. The number of carbonyl (C=O) groups is 1. The van der Waals surface area contributed by atoms with Crippen LogP contribution in [0.4, 0.5) is 4.79 Å². The number of amides is 1. The van der Waals surface area contributed by atoms with Crippen molar-refractivity contribution in [3.8, 4) is 11.5 Å². The minimum Gasteiger partial charge on any atom is -0.497 e. The van der Waals surface area contributed by atoms with E-state index in [4.69, 9.17) is 9.47 Å². The van der Waals surface area contributed by atoms with Crippen LogP contribution in [0, 0.1) is 6.92 Å². The summed E-state index contributed by atoms with van der Waals surface area (Å²) in [5, 5.41) is 3.56. The number of aromatic nitrogens is 1. The Hall–Kier alpha value is -3.28. The second-order valence-electron chi connectivity index (χ2n) is 6.11. The summed E-state index contributed by atoms with van der Waals surface area (Å²) in [4.78, 5) is 25.0. The molecule has 0 saturated carbocycles. The topological polar surface area (TPSA) is 69.6 Å². The van der Waals surface area contributed by atoms with Gasteiger partial charge in [-0.3, -0.25) is 4.79 Å². The highest BCUT2D eigenvalue weighted by Crippen LogP contribution is 2.23. The highest BCUT2D eigenvalue weighted by molar-refractivity contribution is 5.85. The van der Waals surface area contributed by atoms with Gasteiger partial charge in [-0.05, 0) is 37.6 Å². The van der Waals surface area contributed by atoms with E-state index in [9.17, 15) is 9.59 Å².